The van der Waals surface area contributed by atoms with E-state index in [0.717, 1.165) is 25.9 Å². The first kappa shape index (κ1) is 13.5. The van der Waals surface area contributed by atoms with E-state index in [1.807, 2.05) is 11.4 Å². The monoisotopic (exact) mass is 268 g/mol. The Labute approximate surface area is 111 Å². The molecule has 1 amide bonds. The molecule has 0 radical (unpaired) electrons. The van der Waals surface area contributed by atoms with Gasteiger partial charge in [-0.1, -0.05) is 0 Å². The number of unbranched alkanes of at least 4 members (excludes halogenated alkanes) is 1. The normalized spacial score (nSPS) is 15.2. The molecule has 0 aliphatic heterocycles. The summed E-state index contributed by atoms with van der Waals surface area (Å²) in [4.78, 5) is 14.7. The van der Waals surface area contributed by atoms with E-state index in [4.69, 9.17) is 10.8 Å². The summed E-state index contributed by atoms with van der Waals surface area (Å²) in [6.45, 7) is 2.19. The van der Waals surface area contributed by atoms with Crippen LogP contribution in [0.1, 0.15) is 40.9 Å². The summed E-state index contributed by atoms with van der Waals surface area (Å²) in [7, 11) is 0. The molecule has 0 saturated heterocycles. The molecule has 0 bridgehead atoms. The van der Waals surface area contributed by atoms with Crippen LogP contribution in [0.15, 0.2) is 11.4 Å². The van der Waals surface area contributed by atoms with Gasteiger partial charge in [0.25, 0.3) is 0 Å². The van der Waals surface area contributed by atoms with Crippen molar-refractivity contribution < 1.29 is 9.90 Å². The van der Waals surface area contributed by atoms with Crippen LogP contribution in [0.2, 0.25) is 0 Å². The van der Waals surface area contributed by atoms with Gasteiger partial charge in [0.15, 0.2) is 0 Å². The number of aliphatic hydroxyl groups excluding tert-OH is 1. The van der Waals surface area contributed by atoms with E-state index in [9.17, 15) is 4.79 Å². The lowest BCUT2D eigenvalue weighted by atomic mass is 10.2. The molecule has 1 aromatic rings. The lowest BCUT2D eigenvalue weighted by Crippen LogP contribution is -2.26. The molecular weight excluding hydrogens is 248 g/mol. The number of nitrogens with two attached hydrogens (primary N) is 1. The summed E-state index contributed by atoms with van der Waals surface area (Å²) in [6, 6.07) is 2.59. The van der Waals surface area contributed by atoms with Gasteiger partial charge in [-0.15, -0.1) is 11.3 Å². The zero-order valence-corrected chi connectivity index (χ0v) is 11.3. The number of primary amides is 1. The van der Waals surface area contributed by atoms with E-state index in [1.165, 1.54) is 17.7 Å². The Bertz CT molecular complexity index is 401. The Morgan fingerprint density at radius 3 is 2.83 bits per heavy atom. The highest BCUT2D eigenvalue weighted by molar-refractivity contribution is 7.10. The van der Waals surface area contributed by atoms with Crippen molar-refractivity contribution in [2.75, 3.05) is 13.2 Å². The van der Waals surface area contributed by atoms with E-state index in [2.05, 4.69) is 4.90 Å². The van der Waals surface area contributed by atoms with Crippen LogP contribution in [-0.2, 0) is 6.54 Å². The molecule has 5 heteroatoms. The van der Waals surface area contributed by atoms with Crippen molar-refractivity contribution in [3.05, 3.63) is 21.9 Å². The van der Waals surface area contributed by atoms with Crippen molar-refractivity contribution >= 4 is 17.2 Å². The van der Waals surface area contributed by atoms with Crippen molar-refractivity contribution in [1.29, 1.82) is 0 Å². The van der Waals surface area contributed by atoms with Gasteiger partial charge in [0.05, 0.1) is 5.56 Å². The number of hydrogen-bond acceptors (Lipinski definition) is 4. The van der Waals surface area contributed by atoms with Crippen molar-refractivity contribution in [2.45, 2.75) is 38.3 Å². The van der Waals surface area contributed by atoms with Crippen molar-refractivity contribution in [3.63, 3.8) is 0 Å². The number of amides is 1. The maximum atomic E-state index is 11.0. The van der Waals surface area contributed by atoms with Crippen LogP contribution in [-0.4, -0.2) is 35.1 Å². The molecule has 18 heavy (non-hydrogen) atoms. The summed E-state index contributed by atoms with van der Waals surface area (Å²) in [5.41, 5.74) is 5.87. The number of carbonyl (C=O) groups is 1. The van der Waals surface area contributed by atoms with Crippen LogP contribution in [0, 0.1) is 0 Å². The standard InChI is InChI=1S/C13H20N2O2S/c14-13(17)10-7-12(18-9-10)8-15(11-3-4-11)5-1-2-6-16/h7,9,11,16H,1-6,8H2,(H2,14,17). The average Bonchev–Trinajstić information content (AvgIpc) is 3.08. The fraction of sp³-hybridized carbons (Fsp3) is 0.615. The quantitative estimate of drug-likeness (QED) is 0.704. The molecule has 1 aromatic heterocycles. The summed E-state index contributed by atoms with van der Waals surface area (Å²) >= 11 is 1.60. The van der Waals surface area contributed by atoms with Crippen molar-refractivity contribution in [3.8, 4) is 0 Å². The van der Waals surface area contributed by atoms with E-state index >= 15 is 0 Å². The Kier molecular flexibility index (Phi) is 4.74. The molecule has 100 valence electrons. The Hall–Kier alpha value is -0.910. The van der Waals surface area contributed by atoms with Crippen LogP contribution < -0.4 is 5.73 Å². The first-order chi connectivity index (χ1) is 8.70. The van der Waals surface area contributed by atoms with Crippen LogP contribution in [0.4, 0.5) is 0 Å². The maximum Gasteiger partial charge on any atom is 0.249 e. The molecule has 1 aliphatic rings. The molecule has 0 unspecified atom stereocenters. The van der Waals surface area contributed by atoms with Gasteiger partial charge >= 0.3 is 0 Å². The maximum absolute atomic E-state index is 11.0. The minimum Gasteiger partial charge on any atom is -0.396 e. The largest absolute Gasteiger partial charge is 0.396 e. The third-order valence-electron chi connectivity index (χ3n) is 3.21. The number of aliphatic hydroxyl groups is 1. The van der Waals surface area contributed by atoms with Gasteiger partial charge in [-0.2, -0.15) is 0 Å². The van der Waals surface area contributed by atoms with Gasteiger partial charge < -0.3 is 10.8 Å². The molecule has 3 N–H and O–H groups in total. The molecule has 0 atom stereocenters. The Morgan fingerprint density at radius 2 is 2.28 bits per heavy atom. The molecular formula is C13H20N2O2S. The summed E-state index contributed by atoms with van der Waals surface area (Å²) in [5, 5.41) is 10.6. The minimum absolute atomic E-state index is 0.267. The zero-order valence-electron chi connectivity index (χ0n) is 10.5. The molecule has 0 spiro atoms. The average molecular weight is 268 g/mol. The Balaban J connectivity index is 1.88. The topological polar surface area (TPSA) is 66.6 Å². The second-order valence-corrected chi connectivity index (χ2v) is 5.79. The van der Waals surface area contributed by atoms with Gasteiger partial charge in [0, 0.05) is 29.5 Å². The number of thiophene rings is 1. The molecule has 1 fully saturated rings. The van der Waals surface area contributed by atoms with Crippen LogP contribution in [0.3, 0.4) is 0 Å². The first-order valence-corrected chi connectivity index (χ1v) is 7.31. The summed E-state index contributed by atoms with van der Waals surface area (Å²) < 4.78 is 0. The van der Waals surface area contributed by atoms with E-state index in [-0.39, 0.29) is 12.5 Å². The molecule has 1 heterocycles. The Morgan fingerprint density at radius 1 is 1.50 bits per heavy atom. The van der Waals surface area contributed by atoms with E-state index in [0.29, 0.717) is 11.6 Å². The van der Waals surface area contributed by atoms with Crippen LogP contribution >= 0.6 is 11.3 Å². The SMILES string of the molecule is NC(=O)c1csc(CN(CCCCO)C2CC2)c1. The van der Waals surface area contributed by atoms with E-state index < -0.39 is 0 Å². The van der Waals surface area contributed by atoms with E-state index in [1.54, 1.807) is 11.3 Å². The number of carbonyl (C=O) groups excluding carboxylic acids is 1. The molecule has 4 nitrogen and oxygen atoms in total. The number of nitrogens with zero attached hydrogens (tertiary/aromatic N) is 1. The lowest BCUT2D eigenvalue weighted by Gasteiger charge is -2.20. The second-order valence-electron chi connectivity index (χ2n) is 4.80. The van der Waals surface area contributed by atoms with Crippen molar-refractivity contribution in [1.82, 2.24) is 4.90 Å². The van der Waals surface area contributed by atoms with Crippen LogP contribution in [0.5, 0.6) is 0 Å². The fourth-order valence-corrected chi connectivity index (χ4v) is 2.95. The van der Waals surface area contributed by atoms with Gasteiger partial charge in [-0.3, -0.25) is 9.69 Å². The minimum atomic E-state index is -0.351. The number of hydrogen-bond donors (Lipinski definition) is 2. The summed E-state index contributed by atoms with van der Waals surface area (Å²) in [5.74, 6) is -0.351. The molecule has 2 rings (SSSR count). The lowest BCUT2D eigenvalue weighted by molar-refractivity contribution is 0.100. The van der Waals surface area contributed by atoms with Gasteiger partial charge in [-0.05, 0) is 38.3 Å². The third-order valence-corrected chi connectivity index (χ3v) is 4.14. The fourth-order valence-electron chi connectivity index (χ4n) is 2.05. The predicted molar refractivity (Wildman–Crippen MR) is 72.6 cm³/mol. The molecule has 1 saturated carbocycles. The highest BCUT2D eigenvalue weighted by Gasteiger charge is 2.28. The highest BCUT2D eigenvalue weighted by atomic mass is 32.1. The van der Waals surface area contributed by atoms with Crippen molar-refractivity contribution in [2.24, 2.45) is 5.73 Å². The molecule has 1 aliphatic carbocycles. The second kappa shape index (κ2) is 6.31. The third kappa shape index (κ3) is 3.80. The van der Waals surface area contributed by atoms with Gasteiger partial charge in [-0.25, -0.2) is 0 Å². The predicted octanol–water partition coefficient (Wildman–Crippen LogP) is 1.58. The zero-order chi connectivity index (χ0) is 13.0. The van der Waals surface area contributed by atoms with Gasteiger partial charge in [0.2, 0.25) is 5.91 Å². The molecule has 0 aromatic carbocycles. The number of rotatable bonds is 8. The smallest absolute Gasteiger partial charge is 0.249 e. The first-order valence-electron chi connectivity index (χ1n) is 6.43. The van der Waals surface area contributed by atoms with Crippen LogP contribution in [0.25, 0.3) is 0 Å². The highest BCUT2D eigenvalue weighted by Crippen LogP contribution is 2.29. The summed E-state index contributed by atoms with van der Waals surface area (Å²) in [6.07, 6.45) is 4.43. The van der Waals surface area contributed by atoms with Gasteiger partial charge in [0.1, 0.15) is 0 Å².